The number of hydrogen-bond donors (Lipinski definition) is 1. The van der Waals surface area contributed by atoms with Crippen molar-refractivity contribution in [2.45, 2.75) is 58.4 Å². The largest absolute Gasteiger partial charge is 0.385 e. The van der Waals surface area contributed by atoms with Gasteiger partial charge in [-0.2, -0.15) is 0 Å². The summed E-state index contributed by atoms with van der Waals surface area (Å²) in [6, 6.07) is 0.718. The van der Waals surface area contributed by atoms with Crippen molar-refractivity contribution >= 4 is 0 Å². The Balaban J connectivity index is 2.21. The molecule has 0 aromatic rings. The molecule has 114 valence electrons. The molecule has 0 amide bonds. The highest BCUT2D eigenvalue weighted by atomic mass is 16.5. The number of ether oxygens (including phenoxy) is 2. The van der Waals surface area contributed by atoms with Gasteiger partial charge in [0.2, 0.25) is 0 Å². The molecule has 0 spiro atoms. The number of rotatable bonds is 10. The van der Waals surface area contributed by atoms with Crippen LogP contribution in [0.25, 0.3) is 0 Å². The molecule has 0 bridgehead atoms. The van der Waals surface area contributed by atoms with E-state index in [1.165, 1.54) is 32.1 Å². The first-order valence-electron chi connectivity index (χ1n) is 8.11. The van der Waals surface area contributed by atoms with Crippen LogP contribution in [0.3, 0.4) is 0 Å². The molecule has 0 saturated heterocycles. The molecule has 1 saturated carbocycles. The lowest BCUT2D eigenvalue weighted by Crippen LogP contribution is -2.41. The molecule has 1 fully saturated rings. The van der Waals surface area contributed by atoms with E-state index in [9.17, 15) is 0 Å². The second kappa shape index (κ2) is 10.6. The molecule has 3 heteroatoms. The summed E-state index contributed by atoms with van der Waals surface area (Å²) in [7, 11) is 1.74. The number of methoxy groups -OCH3 is 1. The molecule has 3 unspecified atom stereocenters. The fraction of sp³-hybridized carbons (Fsp3) is 1.00. The Morgan fingerprint density at radius 3 is 2.63 bits per heavy atom. The predicted octanol–water partition coefficient (Wildman–Crippen LogP) is 3.23. The molecule has 19 heavy (non-hydrogen) atoms. The first-order chi connectivity index (χ1) is 9.31. The fourth-order valence-corrected chi connectivity index (χ4v) is 3.22. The zero-order valence-electron chi connectivity index (χ0n) is 13.1. The first kappa shape index (κ1) is 16.9. The Morgan fingerprint density at radius 1 is 1.11 bits per heavy atom. The minimum absolute atomic E-state index is 0.718. The summed E-state index contributed by atoms with van der Waals surface area (Å²) in [6.45, 7) is 8.19. The summed E-state index contributed by atoms with van der Waals surface area (Å²) in [5.74, 6) is 1.74. The molecule has 3 nitrogen and oxygen atoms in total. The maximum Gasteiger partial charge on any atom is 0.0487 e. The Labute approximate surface area is 119 Å². The van der Waals surface area contributed by atoms with Crippen molar-refractivity contribution in [1.82, 2.24) is 5.32 Å². The zero-order valence-corrected chi connectivity index (χ0v) is 13.1. The molecular weight excluding hydrogens is 238 g/mol. The van der Waals surface area contributed by atoms with Crippen molar-refractivity contribution in [2.24, 2.45) is 11.8 Å². The lowest BCUT2D eigenvalue weighted by Gasteiger charge is -2.36. The molecule has 0 aliphatic heterocycles. The van der Waals surface area contributed by atoms with Crippen LogP contribution in [0.2, 0.25) is 0 Å². The Kier molecular flexibility index (Phi) is 9.48. The topological polar surface area (TPSA) is 30.5 Å². The summed E-state index contributed by atoms with van der Waals surface area (Å²) < 4.78 is 10.8. The van der Waals surface area contributed by atoms with Gasteiger partial charge < -0.3 is 14.8 Å². The maximum absolute atomic E-state index is 5.73. The van der Waals surface area contributed by atoms with Crippen molar-refractivity contribution in [1.29, 1.82) is 0 Å². The van der Waals surface area contributed by atoms with Gasteiger partial charge in [0, 0.05) is 33.0 Å². The third kappa shape index (κ3) is 6.73. The first-order valence-corrected chi connectivity index (χ1v) is 8.11. The molecule has 1 N–H and O–H groups in total. The van der Waals surface area contributed by atoms with Crippen LogP contribution < -0.4 is 5.32 Å². The summed E-state index contributed by atoms with van der Waals surface area (Å²) in [4.78, 5) is 0. The van der Waals surface area contributed by atoms with Gasteiger partial charge in [-0.1, -0.05) is 20.3 Å². The highest BCUT2D eigenvalue weighted by Crippen LogP contribution is 2.33. The highest BCUT2D eigenvalue weighted by molar-refractivity contribution is 4.84. The van der Waals surface area contributed by atoms with Crippen molar-refractivity contribution in [2.75, 3.05) is 33.5 Å². The van der Waals surface area contributed by atoms with Gasteiger partial charge in [-0.25, -0.2) is 0 Å². The minimum atomic E-state index is 0.718. The molecule has 1 aliphatic carbocycles. The Morgan fingerprint density at radius 2 is 1.95 bits per heavy atom. The van der Waals surface area contributed by atoms with Crippen LogP contribution in [-0.2, 0) is 9.47 Å². The zero-order chi connectivity index (χ0) is 13.9. The maximum atomic E-state index is 5.73. The molecule has 0 heterocycles. The standard InChI is InChI=1S/C16H33NO2/c1-4-14-7-8-16(17-5-2)15(13-14)9-12-19-11-6-10-18-3/h14-17H,4-13H2,1-3H3. The van der Waals surface area contributed by atoms with E-state index >= 15 is 0 Å². The summed E-state index contributed by atoms with van der Waals surface area (Å²) in [6.07, 6.45) is 7.69. The average molecular weight is 271 g/mol. The van der Waals surface area contributed by atoms with Gasteiger partial charge in [0.15, 0.2) is 0 Å². The monoisotopic (exact) mass is 271 g/mol. The van der Waals surface area contributed by atoms with E-state index in [1.54, 1.807) is 7.11 Å². The van der Waals surface area contributed by atoms with Gasteiger partial charge in [0.1, 0.15) is 0 Å². The van der Waals surface area contributed by atoms with Gasteiger partial charge in [-0.15, -0.1) is 0 Å². The summed E-state index contributed by atoms with van der Waals surface area (Å²) in [5.41, 5.74) is 0. The second-order valence-corrected chi connectivity index (χ2v) is 5.76. The SMILES string of the molecule is CCNC1CCC(CC)CC1CCOCCCOC. The predicted molar refractivity (Wildman–Crippen MR) is 80.5 cm³/mol. The molecule has 0 radical (unpaired) electrons. The minimum Gasteiger partial charge on any atom is -0.385 e. The van der Waals surface area contributed by atoms with Gasteiger partial charge in [0.25, 0.3) is 0 Å². The van der Waals surface area contributed by atoms with E-state index in [4.69, 9.17) is 9.47 Å². The number of nitrogens with one attached hydrogen (secondary N) is 1. The average Bonchev–Trinajstić information content (AvgIpc) is 2.44. The van der Waals surface area contributed by atoms with Crippen LogP contribution in [-0.4, -0.2) is 39.5 Å². The van der Waals surface area contributed by atoms with Crippen LogP contribution in [0.5, 0.6) is 0 Å². The van der Waals surface area contributed by atoms with Gasteiger partial charge in [-0.3, -0.25) is 0 Å². The van der Waals surface area contributed by atoms with E-state index in [0.29, 0.717) is 0 Å². The van der Waals surface area contributed by atoms with E-state index in [0.717, 1.165) is 50.7 Å². The molecule has 1 rings (SSSR count). The van der Waals surface area contributed by atoms with E-state index in [1.807, 2.05) is 0 Å². The molecule has 1 aliphatic rings. The van der Waals surface area contributed by atoms with Crippen LogP contribution in [0.15, 0.2) is 0 Å². The van der Waals surface area contributed by atoms with E-state index in [-0.39, 0.29) is 0 Å². The highest BCUT2D eigenvalue weighted by Gasteiger charge is 2.28. The van der Waals surface area contributed by atoms with Gasteiger partial charge in [0.05, 0.1) is 0 Å². The molecular formula is C16H33NO2. The Bertz CT molecular complexity index is 211. The molecule has 0 aromatic carbocycles. The van der Waals surface area contributed by atoms with Crippen LogP contribution >= 0.6 is 0 Å². The van der Waals surface area contributed by atoms with Crippen LogP contribution in [0, 0.1) is 11.8 Å². The van der Waals surface area contributed by atoms with Crippen molar-refractivity contribution in [3.05, 3.63) is 0 Å². The molecule has 3 atom stereocenters. The van der Waals surface area contributed by atoms with Crippen molar-refractivity contribution in [3.8, 4) is 0 Å². The fourth-order valence-electron chi connectivity index (χ4n) is 3.22. The van der Waals surface area contributed by atoms with Crippen molar-refractivity contribution < 1.29 is 9.47 Å². The normalized spacial score (nSPS) is 27.6. The van der Waals surface area contributed by atoms with Crippen LogP contribution in [0.4, 0.5) is 0 Å². The number of hydrogen-bond acceptors (Lipinski definition) is 3. The third-order valence-electron chi connectivity index (χ3n) is 4.40. The summed E-state index contributed by atoms with van der Waals surface area (Å²) >= 11 is 0. The third-order valence-corrected chi connectivity index (χ3v) is 4.40. The Hall–Kier alpha value is -0.120. The van der Waals surface area contributed by atoms with Crippen LogP contribution in [0.1, 0.15) is 52.4 Å². The smallest absolute Gasteiger partial charge is 0.0487 e. The van der Waals surface area contributed by atoms with Gasteiger partial charge in [-0.05, 0) is 50.5 Å². The summed E-state index contributed by atoms with van der Waals surface area (Å²) in [5, 5.41) is 3.66. The van der Waals surface area contributed by atoms with E-state index < -0.39 is 0 Å². The second-order valence-electron chi connectivity index (χ2n) is 5.76. The molecule has 0 aromatic heterocycles. The van der Waals surface area contributed by atoms with Gasteiger partial charge >= 0.3 is 0 Å². The quantitative estimate of drug-likeness (QED) is 0.619. The van der Waals surface area contributed by atoms with E-state index in [2.05, 4.69) is 19.2 Å². The van der Waals surface area contributed by atoms with Crippen molar-refractivity contribution in [3.63, 3.8) is 0 Å². The lowest BCUT2D eigenvalue weighted by molar-refractivity contribution is 0.0791. The lowest BCUT2D eigenvalue weighted by atomic mass is 9.75.